The van der Waals surface area contributed by atoms with Crippen LogP contribution >= 0.6 is 9.07 Å². The van der Waals surface area contributed by atoms with Crippen LogP contribution in [0, 0.1) is 0 Å². The quantitative estimate of drug-likeness (QED) is 0.685. The largest absolute Gasteiger partial charge is 0.501 e. The van der Waals surface area contributed by atoms with Crippen LogP contribution in [0.25, 0.3) is 10.8 Å². The van der Waals surface area contributed by atoms with Crippen molar-refractivity contribution in [3.63, 3.8) is 0 Å². The van der Waals surface area contributed by atoms with Crippen molar-refractivity contribution in [1.82, 2.24) is 0 Å². The van der Waals surface area contributed by atoms with Crippen LogP contribution in [0.5, 0.6) is 0 Å². The Morgan fingerprint density at radius 3 is 2.64 bits per heavy atom. The van der Waals surface area contributed by atoms with Crippen LogP contribution in [-0.2, 0) is 6.42 Å². The first-order valence-electron chi connectivity index (χ1n) is 4.94. The molecular formula is C12H11ClMg. The van der Waals surface area contributed by atoms with Gasteiger partial charge in [0.15, 0.2) is 0 Å². The van der Waals surface area contributed by atoms with Gasteiger partial charge >= 0.3 is 19.3 Å². The molecule has 0 heterocycles. The fourth-order valence-corrected chi connectivity index (χ4v) is 2.68. The van der Waals surface area contributed by atoms with Gasteiger partial charge in [0, 0.05) is 0 Å². The molecule has 0 aromatic heterocycles. The smallest absolute Gasteiger partial charge is 0.346 e. The van der Waals surface area contributed by atoms with E-state index in [2.05, 4.69) is 42.5 Å². The van der Waals surface area contributed by atoms with Crippen molar-refractivity contribution in [1.29, 1.82) is 0 Å². The Bertz CT molecular complexity index is 420. The molecule has 2 aromatic rings. The highest BCUT2D eigenvalue weighted by atomic mass is 35.5. The number of benzene rings is 2. The van der Waals surface area contributed by atoms with Gasteiger partial charge in [0.1, 0.15) is 0 Å². The maximum atomic E-state index is 5.84. The molecule has 0 aliphatic carbocycles. The normalized spacial score (nSPS) is 10.1. The summed E-state index contributed by atoms with van der Waals surface area (Å²) in [7, 11) is 5.84. The van der Waals surface area contributed by atoms with E-state index < -0.39 is 0 Å². The second-order valence-electron chi connectivity index (χ2n) is 3.43. The number of hydrogen-bond donors (Lipinski definition) is 0. The van der Waals surface area contributed by atoms with Gasteiger partial charge < -0.3 is 9.07 Å². The van der Waals surface area contributed by atoms with E-state index in [1.165, 1.54) is 20.9 Å². The lowest BCUT2D eigenvalue weighted by Gasteiger charge is -2.04. The fraction of sp³-hybridized carbons (Fsp3) is 0.167. The van der Waals surface area contributed by atoms with Crippen molar-refractivity contribution >= 4 is 39.1 Å². The van der Waals surface area contributed by atoms with E-state index in [0.717, 1.165) is 6.42 Å². The summed E-state index contributed by atoms with van der Waals surface area (Å²) in [6.45, 7) is 0. The molecule has 0 saturated heterocycles. The van der Waals surface area contributed by atoms with Crippen LogP contribution in [0.2, 0.25) is 4.55 Å². The van der Waals surface area contributed by atoms with Gasteiger partial charge in [-0.15, -0.1) is 4.55 Å². The van der Waals surface area contributed by atoms with Crippen molar-refractivity contribution < 1.29 is 0 Å². The number of hydrogen-bond acceptors (Lipinski definition) is 0. The van der Waals surface area contributed by atoms with Gasteiger partial charge in [0.05, 0.1) is 0 Å². The molecule has 0 fully saturated rings. The lowest BCUT2D eigenvalue weighted by Crippen LogP contribution is -1.88. The Morgan fingerprint density at radius 1 is 1.00 bits per heavy atom. The van der Waals surface area contributed by atoms with E-state index in [1.54, 1.807) is 0 Å². The van der Waals surface area contributed by atoms with E-state index in [0.29, 0.717) is 0 Å². The van der Waals surface area contributed by atoms with Gasteiger partial charge in [-0.2, -0.15) is 0 Å². The molecule has 0 atom stereocenters. The monoisotopic (exact) mass is 214 g/mol. The van der Waals surface area contributed by atoms with Gasteiger partial charge in [0.2, 0.25) is 0 Å². The minimum atomic E-state index is -0.324. The van der Waals surface area contributed by atoms with Crippen molar-refractivity contribution in [2.45, 2.75) is 11.0 Å². The summed E-state index contributed by atoms with van der Waals surface area (Å²) in [4.78, 5) is 0. The second-order valence-corrected chi connectivity index (χ2v) is 5.65. The molecule has 68 valence electrons. The molecule has 0 amide bonds. The first kappa shape index (κ1) is 10.3. The van der Waals surface area contributed by atoms with Crippen LogP contribution in [-0.4, -0.2) is 19.3 Å². The first-order chi connectivity index (χ1) is 6.92. The van der Waals surface area contributed by atoms with Gasteiger partial charge in [-0.05, 0) is 22.8 Å². The Labute approximate surface area is 97.8 Å². The van der Waals surface area contributed by atoms with Crippen molar-refractivity contribution in [2.24, 2.45) is 0 Å². The summed E-state index contributed by atoms with van der Waals surface area (Å²) in [6, 6.07) is 15.1. The minimum Gasteiger partial charge on any atom is -0.346 e. The molecule has 0 aliphatic rings. The molecule has 2 rings (SSSR count). The maximum absolute atomic E-state index is 5.84. The van der Waals surface area contributed by atoms with E-state index in [-0.39, 0.29) is 19.3 Å². The van der Waals surface area contributed by atoms with Gasteiger partial charge in [0.25, 0.3) is 0 Å². The lowest BCUT2D eigenvalue weighted by molar-refractivity contribution is 1.15. The predicted molar refractivity (Wildman–Crippen MR) is 64.1 cm³/mol. The van der Waals surface area contributed by atoms with Gasteiger partial charge in [-0.1, -0.05) is 42.5 Å². The number of halogens is 1. The highest BCUT2D eigenvalue weighted by Gasteiger charge is 2.00. The molecule has 2 heteroatoms. The molecule has 2 aromatic carbocycles. The Morgan fingerprint density at radius 2 is 1.79 bits per heavy atom. The summed E-state index contributed by atoms with van der Waals surface area (Å²) < 4.78 is 1.19. The summed E-state index contributed by atoms with van der Waals surface area (Å²) >= 11 is -0.324. The van der Waals surface area contributed by atoms with Crippen molar-refractivity contribution in [2.75, 3.05) is 0 Å². The van der Waals surface area contributed by atoms with Crippen LogP contribution in [0.3, 0.4) is 0 Å². The van der Waals surface area contributed by atoms with Crippen molar-refractivity contribution in [3.05, 3.63) is 48.0 Å². The van der Waals surface area contributed by atoms with E-state index >= 15 is 0 Å². The Kier molecular flexibility index (Phi) is 3.68. The second kappa shape index (κ2) is 5.01. The molecule has 0 aliphatic heterocycles. The van der Waals surface area contributed by atoms with E-state index in [4.69, 9.17) is 9.07 Å². The third-order valence-electron chi connectivity index (χ3n) is 2.46. The SMILES string of the molecule is [Cl][Mg][CH2]Cc1cccc2ccccc12. The highest BCUT2D eigenvalue weighted by molar-refractivity contribution is 6.93. The molecule has 14 heavy (non-hydrogen) atoms. The number of rotatable bonds is 3. The topological polar surface area (TPSA) is 0 Å². The van der Waals surface area contributed by atoms with Crippen LogP contribution in [0.1, 0.15) is 5.56 Å². The molecule has 0 bridgehead atoms. The van der Waals surface area contributed by atoms with Crippen LogP contribution in [0.4, 0.5) is 0 Å². The molecule has 0 radical (unpaired) electrons. The van der Waals surface area contributed by atoms with Crippen LogP contribution < -0.4 is 0 Å². The fourth-order valence-electron chi connectivity index (χ4n) is 1.77. The third kappa shape index (κ3) is 2.22. The molecule has 0 nitrogen and oxygen atoms in total. The number of aryl methyl sites for hydroxylation is 1. The zero-order valence-electron chi connectivity index (χ0n) is 8.04. The van der Waals surface area contributed by atoms with Crippen molar-refractivity contribution in [3.8, 4) is 0 Å². The third-order valence-corrected chi connectivity index (χ3v) is 3.88. The first-order valence-corrected chi connectivity index (χ1v) is 8.08. The summed E-state index contributed by atoms with van der Waals surface area (Å²) in [6.07, 6.45) is 1.14. The van der Waals surface area contributed by atoms with E-state index in [1.807, 2.05) is 0 Å². The predicted octanol–water partition coefficient (Wildman–Crippen LogP) is 3.66. The Hall–Kier alpha value is -0.244. The summed E-state index contributed by atoms with van der Waals surface area (Å²) in [5.41, 5.74) is 1.44. The number of fused-ring (bicyclic) bond motifs is 1. The molecular weight excluding hydrogens is 204 g/mol. The molecule has 0 N–H and O–H groups in total. The Balaban J connectivity index is 2.43. The van der Waals surface area contributed by atoms with Gasteiger partial charge in [-0.25, -0.2) is 0 Å². The standard InChI is InChI=1S/C12H11.ClH.Mg/c1-2-10-7-5-8-11-6-3-4-9-12(10)11;;/h3-9H,1-2H2;1H;/q;;+1/p-1. The average Bonchev–Trinajstić information content (AvgIpc) is 2.26. The van der Waals surface area contributed by atoms with E-state index in [9.17, 15) is 0 Å². The minimum absolute atomic E-state index is 0.324. The molecule has 0 unspecified atom stereocenters. The highest BCUT2D eigenvalue weighted by Crippen LogP contribution is 2.19. The zero-order valence-corrected chi connectivity index (χ0v) is 10.2. The zero-order chi connectivity index (χ0) is 9.80. The average molecular weight is 215 g/mol. The molecule has 0 spiro atoms. The summed E-state index contributed by atoms with van der Waals surface area (Å²) in [5.74, 6) is 0. The lowest BCUT2D eigenvalue weighted by atomic mass is 10.0. The summed E-state index contributed by atoms with van der Waals surface area (Å²) in [5, 5.41) is 2.72. The van der Waals surface area contributed by atoms with Crippen LogP contribution in [0.15, 0.2) is 42.5 Å². The van der Waals surface area contributed by atoms with Gasteiger partial charge in [-0.3, -0.25) is 0 Å². The maximum Gasteiger partial charge on any atom is 0.501 e. The molecule has 0 saturated carbocycles.